The van der Waals surface area contributed by atoms with Gasteiger partial charge in [-0.25, -0.2) is 9.78 Å². The van der Waals surface area contributed by atoms with Crippen LogP contribution in [0.15, 0.2) is 60.8 Å². The van der Waals surface area contributed by atoms with Gasteiger partial charge in [0.1, 0.15) is 5.82 Å². The first kappa shape index (κ1) is 21.0. The maximum Gasteiger partial charge on any atom is 0.322 e. The topological polar surface area (TPSA) is 124 Å². The van der Waals surface area contributed by atoms with Crippen LogP contribution in [0, 0.1) is 5.41 Å². The van der Waals surface area contributed by atoms with Crippen LogP contribution in [0.25, 0.3) is 0 Å². The van der Waals surface area contributed by atoms with Gasteiger partial charge in [0.05, 0.1) is 0 Å². The molecule has 0 unspecified atom stereocenters. The van der Waals surface area contributed by atoms with E-state index in [9.17, 15) is 9.59 Å². The number of hydrogen-bond acceptors (Lipinski definition) is 5. The van der Waals surface area contributed by atoms with Gasteiger partial charge in [-0.1, -0.05) is 36.4 Å². The fourth-order valence-electron chi connectivity index (χ4n) is 3.74. The van der Waals surface area contributed by atoms with Gasteiger partial charge in [0, 0.05) is 48.9 Å². The Hall–Kier alpha value is -4.20. The molecule has 1 aromatic heterocycles. The van der Waals surface area contributed by atoms with Crippen LogP contribution in [-0.4, -0.2) is 34.6 Å². The molecule has 2 heterocycles. The van der Waals surface area contributed by atoms with E-state index in [-0.39, 0.29) is 11.9 Å². The van der Waals surface area contributed by atoms with E-state index < -0.39 is 0 Å². The van der Waals surface area contributed by atoms with E-state index in [2.05, 4.69) is 15.6 Å². The number of pyridine rings is 1. The van der Waals surface area contributed by atoms with Gasteiger partial charge in [-0.3, -0.25) is 4.79 Å². The Morgan fingerprint density at radius 1 is 1.16 bits per heavy atom. The summed E-state index contributed by atoms with van der Waals surface area (Å²) >= 11 is 0. The summed E-state index contributed by atoms with van der Waals surface area (Å²) in [5.41, 5.74) is 10.4. The van der Waals surface area contributed by atoms with Crippen molar-refractivity contribution in [2.24, 2.45) is 0 Å². The number of benzene rings is 2. The second-order valence-electron chi connectivity index (χ2n) is 7.56. The first-order valence-corrected chi connectivity index (χ1v) is 10.3. The Morgan fingerprint density at radius 3 is 2.75 bits per heavy atom. The number of carbonyl (C=O) groups is 2. The zero-order valence-electron chi connectivity index (χ0n) is 17.5. The van der Waals surface area contributed by atoms with E-state index in [1.807, 2.05) is 30.3 Å². The van der Waals surface area contributed by atoms with Crippen molar-refractivity contribution in [2.75, 3.05) is 17.6 Å². The molecule has 0 fully saturated rings. The smallest absolute Gasteiger partial charge is 0.322 e. The van der Waals surface area contributed by atoms with Crippen LogP contribution in [0.1, 0.15) is 32.6 Å². The number of rotatable bonds is 5. The van der Waals surface area contributed by atoms with Crippen molar-refractivity contribution < 1.29 is 9.59 Å². The van der Waals surface area contributed by atoms with Gasteiger partial charge in [0.2, 0.25) is 0 Å². The van der Waals surface area contributed by atoms with Crippen molar-refractivity contribution in [1.82, 2.24) is 15.2 Å². The average Bonchev–Trinajstić information content (AvgIpc) is 2.83. The van der Waals surface area contributed by atoms with Gasteiger partial charge >= 0.3 is 6.03 Å². The Labute approximate surface area is 186 Å². The molecule has 0 aliphatic carbocycles. The Balaban J connectivity index is 1.40. The fraction of sp³-hybridized carbons (Fsp3) is 0.167. The van der Waals surface area contributed by atoms with Crippen molar-refractivity contribution in [3.8, 4) is 0 Å². The van der Waals surface area contributed by atoms with Crippen LogP contribution in [0.2, 0.25) is 0 Å². The van der Waals surface area contributed by atoms with E-state index >= 15 is 0 Å². The summed E-state index contributed by atoms with van der Waals surface area (Å²) in [6, 6.07) is 16.3. The van der Waals surface area contributed by atoms with Crippen LogP contribution < -0.4 is 16.4 Å². The van der Waals surface area contributed by atoms with Crippen LogP contribution in [0.4, 0.5) is 16.3 Å². The zero-order chi connectivity index (χ0) is 22.5. The normalized spacial score (nSPS) is 12.6. The average molecular weight is 428 g/mol. The molecular weight excluding hydrogens is 404 g/mol. The quantitative estimate of drug-likeness (QED) is 0.466. The molecule has 0 bridgehead atoms. The standard InChI is InChI=1S/C24H24N6O2/c25-12-21-20-9-10-30(15-18(20)14-27-22(21)26)24(32)29-19-8-4-7-17(11-19)23(31)28-13-16-5-2-1-3-6-16/h1-8,11-12,14,25H,9-10,13,15H2,(H2,26,27)(H,28,31)(H,29,32). The van der Waals surface area contributed by atoms with Gasteiger partial charge < -0.3 is 26.7 Å². The highest BCUT2D eigenvalue weighted by atomic mass is 16.2. The van der Waals surface area contributed by atoms with E-state index in [4.69, 9.17) is 11.1 Å². The molecule has 3 amide bonds. The van der Waals surface area contributed by atoms with E-state index in [1.54, 1.807) is 35.4 Å². The Kier molecular flexibility index (Phi) is 6.12. The Bertz CT molecular complexity index is 1160. The minimum atomic E-state index is -0.259. The number of urea groups is 1. The summed E-state index contributed by atoms with van der Waals surface area (Å²) in [7, 11) is 0. The van der Waals surface area contributed by atoms with Gasteiger partial charge in [-0.2, -0.15) is 0 Å². The lowest BCUT2D eigenvalue weighted by atomic mass is 9.97. The SMILES string of the molecule is N=Cc1c(N)ncc2c1CCN(C(=O)Nc1cccc(C(=O)NCc3ccccc3)c1)C2. The zero-order valence-corrected chi connectivity index (χ0v) is 17.5. The van der Waals surface area contributed by atoms with Crippen molar-refractivity contribution in [2.45, 2.75) is 19.5 Å². The largest absolute Gasteiger partial charge is 0.383 e. The molecular formula is C24H24N6O2. The van der Waals surface area contributed by atoms with Crippen molar-refractivity contribution in [1.29, 1.82) is 5.41 Å². The summed E-state index contributed by atoms with van der Waals surface area (Å²) in [4.78, 5) is 31.1. The number of fused-ring (bicyclic) bond motifs is 1. The number of carbonyl (C=O) groups excluding carboxylic acids is 2. The maximum atomic E-state index is 12.8. The molecule has 4 rings (SSSR count). The van der Waals surface area contributed by atoms with E-state index in [0.717, 1.165) is 16.7 Å². The predicted molar refractivity (Wildman–Crippen MR) is 124 cm³/mol. The molecule has 0 saturated carbocycles. The molecule has 8 nitrogen and oxygen atoms in total. The molecule has 0 saturated heterocycles. The third kappa shape index (κ3) is 4.59. The number of amides is 3. The van der Waals surface area contributed by atoms with Crippen LogP contribution in [0.3, 0.4) is 0 Å². The minimum Gasteiger partial charge on any atom is -0.383 e. The molecule has 0 atom stereocenters. The van der Waals surface area contributed by atoms with Crippen molar-refractivity contribution in [3.63, 3.8) is 0 Å². The number of nitrogen functional groups attached to an aromatic ring is 1. The van der Waals surface area contributed by atoms with Gasteiger partial charge in [0.25, 0.3) is 5.91 Å². The number of nitrogens with one attached hydrogen (secondary N) is 3. The Morgan fingerprint density at radius 2 is 1.97 bits per heavy atom. The summed E-state index contributed by atoms with van der Waals surface area (Å²) < 4.78 is 0. The van der Waals surface area contributed by atoms with Crippen molar-refractivity contribution in [3.05, 3.63) is 88.6 Å². The number of aromatic nitrogens is 1. The second kappa shape index (κ2) is 9.30. The highest BCUT2D eigenvalue weighted by Crippen LogP contribution is 2.24. The third-order valence-corrected chi connectivity index (χ3v) is 5.44. The van der Waals surface area contributed by atoms with Gasteiger partial charge in [0.15, 0.2) is 0 Å². The molecule has 1 aliphatic heterocycles. The fourth-order valence-corrected chi connectivity index (χ4v) is 3.74. The summed E-state index contributed by atoms with van der Waals surface area (Å²) in [5, 5.41) is 13.3. The molecule has 0 spiro atoms. The molecule has 1 aliphatic rings. The monoisotopic (exact) mass is 428 g/mol. The van der Waals surface area contributed by atoms with Gasteiger partial charge in [-0.05, 0) is 41.3 Å². The van der Waals surface area contributed by atoms with Crippen LogP contribution in [-0.2, 0) is 19.5 Å². The highest BCUT2D eigenvalue weighted by molar-refractivity contribution is 5.97. The number of anilines is 2. The maximum absolute atomic E-state index is 12.8. The third-order valence-electron chi connectivity index (χ3n) is 5.44. The lowest BCUT2D eigenvalue weighted by Crippen LogP contribution is -2.39. The summed E-state index contributed by atoms with van der Waals surface area (Å²) in [5.74, 6) is 0.124. The predicted octanol–water partition coefficient (Wildman–Crippen LogP) is 3.18. The van der Waals surface area contributed by atoms with E-state index in [0.29, 0.717) is 48.7 Å². The molecule has 32 heavy (non-hydrogen) atoms. The lowest BCUT2D eigenvalue weighted by molar-refractivity contribution is 0.0951. The minimum absolute atomic E-state index is 0.209. The first-order chi connectivity index (χ1) is 15.5. The van der Waals surface area contributed by atoms with Gasteiger partial charge in [-0.15, -0.1) is 0 Å². The summed E-state index contributed by atoms with van der Waals surface area (Å²) in [6.07, 6.45) is 3.47. The lowest BCUT2D eigenvalue weighted by Gasteiger charge is -2.29. The van der Waals surface area contributed by atoms with Crippen LogP contribution >= 0.6 is 0 Å². The van der Waals surface area contributed by atoms with Crippen LogP contribution in [0.5, 0.6) is 0 Å². The van der Waals surface area contributed by atoms with Crippen molar-refractivity contribution >= 4 is 29.7 Å². The second-order valence-corrected chi connectivity index (χ2v) is 7.56. The molecule has 2 aromatic carbocycles. The summed E-state index contributed by atoms with van der Waals surface area (Å²) in [6.45, 7) is 1.31. The number of nitrogens with two attached hydrogens (primary N) is 1. The number of nitrogens with zero attached hydrogens (tertiary/aromatic N) is 2. The molecule has 0 radical (unpaired) electrons. The van der Waals surface area contributed by atoms with E-state index in [1.165, 1.54) is 6.21 Å². The molecule has 8 heteroatoms. The highest BCUT2D eigenvalue weighted by Gasteiger charge is 2.24. The molecule has 5 N–H and O–H groups in total. The molecule has 3 aromatic rings. The first-order valence-electron chi connectivity index (χ1n) is 10.3. The number of hydrogen-bond donors (Lipinski definition) is 4. The molecule has 162 valence electrons.